The number of carboxylic acid groups (broad SMARTS) is 2. The van der Waals surface area contributed by atoms with Crippen LogP contribution in [0.2, 0.25) is 0 Å². The van der Waals surface area contributed by atoms with E-state index in [1.165, 1.54) is 0 Å². The quantitative estimate of drug-likeness (QED) is 0.162. The molecule has 1 atom stereocenters. The first-order valence-electron chi connectivity index (χ1n) is 14.6. The molecule has 11 heteroatoms. The number of carboxylic acids is 2. The van der Waals surface area contributed by atoms with Gasteiger partial charge in [0.05, 0.1) is 0 Å². The maximum atomic E-state index is 12.4. The molecular formula is C33H39N4O6S-. The van der Waals surface area contributed by atoms with E-state index in [1.807, 2.05) is 52.8 Å². The number of nitrogens with one attached hydrogen (secondary N) is 4. The number of carbonyl (C=O) groups is 3. The molecule has 0 unspecified atom stereocenters. The molecule has 1 aliphatic heterocycles. The van der Waals surface area contributed by atoms with Gasteiger partial charge in [-0.25, -0.2) is 0 Å². The zero-order valence-corrected chi connectivity index (χ0v) is 26.7. The van der Waals surface area contributed by atoms with Gasteiger partial charge in [-0.1, -0.05) is 6.92 Å². The molecule has 4 rings (SSSR count). The minimum atomic E-state index is -0.926. The summed E-state index contributed by atoms with van der Waals surface area (Å²) in [7, 11) is 0. The van der Waals surface area contributed by atoms with Crippen molar-refractivity contribution >= 4 is 48.7 Å². The second kappa shape index (κ2) is 13.1. The number of aliphatic carboxylic acids is 2. The third-order valence-electron chi connectivity index (χ3n) is 8.38. The number of hydrogen-bond donors (Lipinski definition) is 7. The summed E-state index contributed by atoms with van der Waals surface area (Å²) in [5, 5.41) is 35.5. The van der Waals surface area contributed by atoms with Crippen LogP contribution in [0.25, 0.3) is 18.2 Å². The zero-order valence-electron chi connectivity index (χ0n) is 25.8. The number of aromatic amines is 3. The highest BCUT2D eigenvalue weighted by Gasteiger charge is 2.23. The molecule has 0 radical (unpaired) electrons. The van der Waals surface area contributed by atoms with Gasteiger partial charge in [0.15, 0.2) is 0 Å². The van der Waals surface area contributed by atoms with Crippen LogP contribution in [0, 0.1) is 20.8 Å². The van der Waals surface area contributed by atoms with Gasteiger partial charge < -0.3 is 35.6 Å². The third kappa shape index (κ3) is 6.57. The van der Waals surface area contributed by atoms with Gasteiger partial charge in [-0.15, -0.1) is 0 Å². The Balaban J connectivity index is 1.93. The Morgan fingerprint density at radius 3 is 2.02 bits per heavy atom. The molecule has 0 spiro atoms. The van der Waals surface area contributed by atoms with E-state index in [0.717, 1.165) is 44.7 Å². The highest BCUT2D eigenvalue weighted by Crippen LogP contribution is 2.31. The van der Waals surface area contributed by atoms with Gasteiger partial charge >= 0.3 is 11.9 Å². The Hall–Kier alpha value is -4.38. The standard InChI is InChI=1S/C33H40N4O6S/c1-7-20-15(2)25(36-33(20)43)12-23-16(3)21(8-10-29(38)39)26(34-23)14-27-22(9-11-30(40)41)17(4)24(35-27)13-28-31(19(6)44)18(5)32(42)37-28/h12-14,19,34-35,37,42,44H,7-11H2,1-6H3,(H,36,43)(H,38,39)(H,40,41)/p-1/b24-13+,25-12-,27-14-/t19-/m0/s1. The first-order chi connectivity index (χ1) is 20.7. The van der Waals surface area contributed by atoms with Crippen LogP contribution < -0.4 is 21.1 Å². The predicted molar refractivity (Wildman–Crippen MR) is 171 cm³/mol. The van der Waals surface area contributed by atoms with Crippen molar-refractivity contribution in [3.63, 3.8) is 0 Å². The van der Waals surface area contributed by atoms with Crippen LogP contribution in [-0.4, -0.2) is 43.0 Å². The number of aromatic nitrogens is 3. The lowest BCUT2D eigenvalue weighted by atomic mass is 10.0. The van der Waals surface area contributed by atoms with Gasteiger partial charge in [-0.2, -0.15) is 12.6 Å². The molecule has 0 bridgehead atoms. The molecule has 44 heavy (non-hydrogen) atoms. The van der Waals surface area contributed by atoms with E-state index in [0.29, 0.717) is 39.8 Å². The summed E-state index contributed by atoms with van der Waals surface area (Å²) in [5.74, 6) is -2.15. The molecule has 0 fully saturated rings. The van der Waals surface area contributed by atoms with Crippen molar-refractivity contribution in [2.45, 2.75) is 78.9 Å². The van der Waals surface area contributed by atoms with Gasteiger partial charge in [-0.05, 0) is 117 Å². The smallest absolute Gasteiger partial charge is 0.303 e. The zero-order chi connectivity index (χ0) is 32.5. The minimum Gasteiger partial charge on any atom is -0.860 e. The van der Waals surface area contributed by atoms with E-state index in [-0.39, 0.29) is 42.7 Å². The lowest BCUT2D eigenvalue weighted by Crippen LogP contribution is -2.16. The first-order valence-corrected chi connectivity index (χ1v) is 15.1. The number of carbonyl (C=O) groups excluding carboxylic acids is 1. The molecule has 3 aromatic rings. The molecule has 6 N–H and O–H groups in total. The fourth-order valence-electron chi connectivity index (χ4n) is 5.89. The average molecular weight is 620 g/mol. The first kappa shape index (κ1) is 32.5. The van der Waals surface area contributed by atoms with Crippen molar-refractivity contribution in [1.82, 2.24) is 20.3 Å². The van der Waals surface area contributed by atoms with E-state index in [1.54, 1.807) is 6.92 Å². The SMILES string of the molecule is CCC1=C(C)/C(=C/c2[nH]c(/C=c3\[nH]/c(=C/c4[nH]c([O-])c(C)c4[C@H](C)S)c(C)c3CCC(=O)O)c(CCC(=O)O)c2C)NC1=O. The predicted octanol–water partition coefficient (Wildman–Crippen LogP) is 3.55. The van der Waals surface area contributed by atoms with Crippen molar-refractivity contribution in [2.24, 2.45) is 0 Å². The largest absolute Gasteiger partial charge is 0.860 e. The van der Waals surface area contributed by atoms with Gasteiger partial charge in [0.2, 0.25) is 0 Å². The van der Waals surface area contributed by atoms with Crippen molar-refractivity contribution in [3.8, 4) is 5.88 Å². The molecule has 4 heterocycles. The topological polar surface area (TPSA) is 174 Å². The van der Waals surface area contributed by atoms with E-state index in [9.17, 15) is 29.7 Å². The summed E-state index contributed by atoms with van der Waals surface area (Å²) in [4.78, 5) is 45.2. The number of hydrogen-bond acceptors (Lipinski definition) is 5. The average Bonchev–Trinajstić information content (AvgIpc) is 3.59. The van der Waals surface area contributed by atoms with Crippen LogP contribution in [-0.2, 0) is 27.2 Å². The number of thiol groups is 1. The van der Waals surface area contributed by atoms with Crippen molar-refractivity contribution in [3.05, 3.63) is 78.0 Å². The highest BCUT2D eigenvalue weighted by atomic mass is 32.1. The molecule has 10 nitrogen and oxygen atoms in total. The van der Waals surface area contributed by atoms with Crippen LogP contribution in [0.4, 0.5) is 0 Å². The van der Waals surface area contributed by atoms with Crippen molar-refractivity contribution in [2.75, 3.05) is 0 Å². The Morgan fingerprint density at radius 2 is 1.45 bits per heavy atom. The number of allylic oxidation sites excluding steroid dienone is 1. The van der Waals surface area contributed by atoms with E-state index in [4.69, 9.17) is 0 Å². The molecule has 0 saturated carbocycles. The highest BCUT2D eigenvalue weighted by molar-refractivity contribution is 7.80. The lowest BCUT2D eigenvalue weighted by molar-refractivity contribution is -0.275. The van der Waals surface area contributed by atoms with Crippen molar-refractivity contribution in [1.29, 1.82) is 0 Å². The Labute approximate surface area is 261 Å². The van der Waals surface area contributed by atoms with Crippen LogP contribution >= 0.6 is 12.6 Å². The van der Waals surface area contributed by atoms with Crippen LogP contribution in [0.5, 0.6) is 5.88 Å². The van der Waals surface area contributed by atoms with Crippen molar-refractivity contribution < 1.29 is 29.7 Å². The van der Waals surface area contributed by atoms with Gasteiger partial charge in [-0.3, -0.25) is 14.4 Å². The summed E-state index contributed by atoms with van der Waals surface area (Å²) >= 11 is 4.56. The molecule has 3 aromatic heterocycles. The fraction of sp³-hybridized carbons (Fsp3) is 0.364. The van der Waals surface area contributed by atoms with Gasteiger partial charge in [0.25, 0.3) is 5.91 Å². The van der Waals surface area contributed by atoms with Crippen LogP contribution in [0.15, 0.2) is 16.8 Å². The van der Waals surface area contributed by atoms with E-state index in [2.05, 4.69) is 32.9 Å². The molecule has 0 aliphatic carbocycles. The molecule has 1 aliphatic rings. The normalized spacial score (nSPS) is 16.0. The number of amides is 1. The Bertz CT molecular complexity index is 1830. The maximum Gasteiger partial charge on any atom is 0.303 e. The summed E-state index contributed by atoms with van der Waals surface area (Å²) in [6.07, 6.45) is 6.58. The molecule has 234 valence electrons. The number of rotatable bonds is 11. The monoisotopic (exact) mass is 619 g/mol. The van der Waals surface area contributed by atoms with Gasteiger partial charge in [0.1, 0.15) is 0 Å². The molecular weight excluding hydrogens is 580 g/mol. The van der Waals surface area contributed by atoms with Crippen LogP contribution in [0.1, 0.15) is 95.7 Å². The summed E-state index contributed by atoms with van der Waals surface area (Å²) in [6.45, 7) is 11.3. The molecule has 1 amide bonds. The van der Waals surface area contributed by atoms with Crippen LogP contribution in [0.3, 0.4) is 0 Å². The van der Waals surface area contributed by atoms with E-state index >= 15 is 0 Å². The minimum absolute atomic E-state index is 0.0752. The second-order valence-corrected chi connectivity index (χ2v) is 12.0. The number of H-pyrrole nitrogens is 3. The lowest BCUT2D eigenvalue weighted by Gasteiger charge is -2.07. The third-order valence-corrected chi connectivity index (χ3v) is 8.64. The Kier molecular flexibility index (Phi) is 9.68. The molecule has 0 aromatic carbocycles. The maximum absolute atomic E-state index is 12.4. The van der Waals surface area contributed by atoms with Gasteiger partial charge in [0, 0.05) is 57.1 Å². The Morgan fingerprint density at radius 1 is 0.841 bits per heavy atom. The fourth-order valence-corrected chi connectivity index (χ4v) is 6.22. The van der Waals surface area contributed by atoms with E-state index < -0.39 is 11.9 Å². The summed E-state index contributed by atoms with van der Waals surface area (Å²) < 4.78 is 0. The second-order valence-electron chi connectivity index (χ2n) is 11.2. The molecule has 0 saturated heterocycles. The summed E-state index contributed by atoms with van der Waals surface area (Å²) in [6, 6.07) is 0. The summed E-state index contributed by atoms with van der Waals surface area (Å²) in [5.41, 5.74) is 9.06.